The number of benzene rings is 3. The zero-order valence-electron chi connectivity index (χ0n) is 19.6. The molecule has 0 saturated heterocycles. The highest BCUT2D eigenvalue weighted by atomic mass is 35.5. The van der Waals surface area contributed by atoms with Crippen molar-refractivity contribution < 1.29 is 13.9 Å². The number of rotatable bonds is 6. The van der Waals surface area contributed by atoms with Crippen LogP contribution < -0.4 is 15.6 Å². The summed E-state index contributed by atoms with van der Waals surface area (Å²) in [6, 6.07) is 17.1. The summed E-state index contributed by atoms with van der Waals surface area (Å²) in [5.41, 5.74) is 3.13. The Morgan fingerprint density at radius 1 is 1.11 bits per heavy atom. The van der Waals surface area contributed by atoms with E-state index in [0.29, 0.717) is 23.1 Å². The van der Waals surface area contributed by atoms with Gasteiger partial charge in [-0.25, -0.2) is 9.37 Å². The average Bonchev–Trinajstić information content (AvgIpc) is 3.16. The summed E-state index contributed by atoms with van der Waals surface area (Å²) >= 11 is 5.81. The molecule has 0 spiro atoms. The predicted molar refractivity (Wildman–Crippen MR) is 138 cm³/mol. The molecule has 5 aromatic rings. The largest absolute Gasteiger partial charge is 0.497 e. The maximum absolute atomic E-state index is 14.2. The van der Waals surface area contributed by atoms with Gasteiger partial charge >= 0.3 is 0 Å². The van der Waals surface area contributed by atoms with Gasteiger partial charge in [-0.05, 0) is 55.0 Å². The van der Waals surface area contributed by atoms with Crippen LogP contribution in [-0.4, -0.2) is 27.1 Å². The van der Waals surface area contributed by atoms with Crippen molar-refractivity contribution in [3.8, 4) is 5.75 Å². The first-order valence-corrected chi connectivity index (χ1v) is 11.6. The van der Waals surface area contributed by atoms with Crippen LogP contribution in [-0.2, 0) is 17.9 Å². The number of ether oxygens (including phenoxy) is 1. The topological polar surface area (TPSA) is 78.2 Å². The molecular weight excluding hydrogens is 483 g/mol. The van der Waals surface area contributed by atoms with Crippen LogP contribution in [0.1, 0.15) is 11.1 Å². The summed E-state index contributed by atoms with van der Waals surface area (Å²) in [4.78, 5) is 31.2. The van der Waals surface area contributed by atoms with Gasteiger partial charge in [-0.3, -0.25) is 14.2 Å². The molecule has 1 N–H and O–H groups in total. The molecular formula is C27H22ClFN4O3. The van der Waals surface area contributed by atoms with Crippen molar-refractivity contribution in [2.24, 2.45) is 0 Å². The summed E-state index contributed by atoms with van der Waals surface area (Å²) in [5.74, 6) is -0.406. The number of anilines is 1. The van der Waals surface area contributed by atoms with E-state index < -0.39 is 11.7 Å². The van der Waals surface area contributed by atoms with E-state index in [0.717, 1.165) is 28.3 Å². The van der Waals surface area contributed by atoms with Crippen molar-refractivity contribution in [2.45, 2.75) is 20.0 Å². The van der Waals surface area contributed by atoms with Gasteiger partial charge in [0, 0.05) is 10.4 Å². The molecule has 36 heavy (non-hydrogen) atoms. The number of amides is 1. The van der Waals surface area contributed by atoms with Gasteiger partial charge in [0.15, 0.2) is 0 Å². The number of aromatic nitrogens is 3. The fourth-order valence-electron chi connectivity index (χ4n) is 4.24. The van der Waals surface area contributed by atoms with Crippen molar-refractivity contribution in [2.75, 3.05) is 12.4 Å². The molecule has 0 radical (unpaired) electrons. The summed E-state index contributed by atoms with van der Waals surface area (Å²) < 4.78 is 22.6. The number of nitrogens with one attached hydrogen (secondary N) is 1. The molecule has 0 unspecified atom stereocenters. The first kappa shape index (κ1) is 23.6. The second-order valence-corrected chi connectivity index (χ2v) is 8.94. The van der Waals surface area contributed by atoms with Gasteiger partial charge < -0.3 is 14.6 Å². The minimum atomic E-state index is -0.641. The number of carbonyl (C=O) groups is 1. The Morgan fingerprint density at radius 3 is 2.61 bits per heavy atom. The zero-order chi connectivity index (χ0) is 25.4. The lowest BCUT2D eigenvalue weighted by atomic mass is 10.1. The van der Waals surface area contributed by atoms with E-state index in [9.17, 15) is 14.0 Å². The second-order valence-electron chi connectivity index (χ2n) is 8.50. The number of hydrogen-bond donors (Lipinski definition) is 1. The van der Waals surface area contributed by atoms with Crippen LogP contribution in [0.15, 0.2) is 71.8 Å². The monoisotopic (exact) mass is 504 g/mol. The molecule has 0 bridgehead atoms. The molecule has 9 heteroatoms. The number of methoxy groups -OCH3 is 1. The lowest BCUT2D eigenvalue weighted by Gasteiger charge is -2.11. The molecule has 0 saturated carbocycles. The van der Waals surface area contributed by atoms with Crippen LogP contribution in [0.2, 0.25) is 5.02 Å². The number of fused-ring (bicyclic) bond motifs is 3. The summed E-state index contributed by atoms with van der Waals surface area (Å²) in [6.07, 6.45) is 1.52. The van der Waals surface area contributed by atoms with E-state index in [1.165, 1.54) is 23.0 Å². The third kappa shape index (κ3) is 4.43. The maximum atomic E-state index is 14.2. The summed E-state index contributed by atoms with van der Waals surface area (Å²) in [7, 11) is 1.59. The van der Waals surface area contributed by atoms with Gasteiger partial charge in [0.25, 0.3) is 5.56 Å². The Kier molecular flexibility index (Phi) is 6.20. The van der Waals surface area contributed by atoms with Crippen molar-refractivity contribution in [1.29, 1.82) is 0 Å². The smallest absolute Gasteiger partial charge is 0.278 e. The van der Waals surface area contributed by atoms with Gasteiger partial charge in [-0.2, -0.15) is 0 Å². The Labute approximate surface area is 210 Å². The van der Waals surface area contributed by atoms with Crippen molar-refractivity contribution in [3.63, 3.8) is 0 Å². The maximum Gasteiger partial charge on any atom is 0.278 e. The first-order valence-electron chi connectivity index (χ1n) is 11.2. The molecule has 5 rings (SSSR count). The number of aryl methyl sites for hydroxylation is 1. The second kappa shape index (κ2) is 9.47. The molecule has 3 aromatic carbocycles. The van der Waals surface area contributed by atoms with Gasteiger partial charge in [-0.15, -0.1) is 0 Å². The van der Waals surface area contributed by atoms with E-state index in [2.05, 4.69) is 10.3 Å². The third-order valence-corrected chi connectivity index (χ3v) is 6.24. The predicted octanol–water partition coefficient (Wildman–Crippen LogP) is 5.15. The highest BCUT2D eigenvalue weighted by Gasteiger charge is 2.19. The Morgan fingerprint density at radius 2 is 1.89 bits per heavy atom. The Balaban J connectivity index is 1.57. The lowest BCUT2D eigenvalue weighted by molar-refractivity contribution is -0.116. The standard InChI is InChI=1S/C27H22ClFN4O3/c1-16-3-10-23-20(11-16)25-26(33(23)14-24(34)31-22-9-6-18(28)12-21(22)29)27(35)32(15-30-25)13-17-4-7-19(36-2)8-5-17/h3-12,15H,13-14H2,1-2H3,(H,31,34). The van der Waals surface area contributed by atoms with Crippen molar-refractivity contribution in [1.82, 2.24) is 14.1 Å². The van der Waals surface area contributed by atoms with Crippen LogP contribution in [0.4, 0.5) is 10.1 Å². The van der Waals surface area contributed by atoms with Gasteiger partial charge in [0.1, 0.15) is 29.1 Å². The van der Waals surface area contributed by atoms with Crippen LogP contribution >= 0.6 is 11.6 Å². The quantitative estimate of drug-likeness (QED) is 0.347. The number of nitrogens with zero attached hydrogens (tertiary/aromatic N) is 3. The molecule has 0 aliphatic carbocycles. The van der Waals surface area contributed by atoms with E-state index in [1.807, 2.05) is 49.4 Å². The molecule has 0 fully saturated rings. The molecule has 0 atom stereocenters. The first-order chi connectivity index (χ1) is 17.3. The zero-order valence-corrected chi connectivity index (χ0v) is 20.3. The van der Waals surface area contributed by atoms with Gasteiger partial charge in [-0.1, -0.05) is 35.4 Å². The lowest BCUT2D eigenvalue weighted by Crippen LogP contribution is -2.25. The fourth-order valence-corrected chi connectivity index (χ4v) is 4.40. The summed E-state index contributed by atoms with van der Waals surface area (Å²) in [5, 5.41) is 3.56. The molecule has 0 aliphatic rings. The SMILES string of the molecule is COc1ccc(Cn2cnc3c4cc(C)ccc4n(CC(=O)Nc4ccc(Cl)cc4F)c3c2=O)cc1. The average molecular weight is 505 g/mol. The Hall–Kier alpha value is -4.17. The number of carbonyl (C=O) groups excluding carboxylic acids is 1. The van der Waals surface area contributed by atoms with E-state index in [4.69, 9.17) is 16.3 Å². The van der Waals surface area contributed by atoms with Crippen LogP contribution in [0.3, 0.4) is 0 Å². The van der Waals surface area contributed by atoms with Crippen molar-refractivity contribution >= 4 is 45.1 Å². The number of halogens is 2. The Bertz CT molecular complexity index is 1680. The molecule has 2 heterocycles. The third-order valence-electron chi connectivity index (χ3n) is 6.00. The van der Waals surface area contributed by atoms with Crippen molar-refractivity contribution in [3.05, 3.63) is 99.3 Å². The fraction of sp³-hybridized carbons (Fsp3) is 0.148. The molecule has 0 aliphatic heterocycles. The minimum absolute atomic E-state index is 0.0102. The minimum Gasteiger partial charge on any atom is -0.497 e. The highest BCUT2D eigenvalue weighted by Crippen LogP contribution is 2.27. The van der Waals surface area contributed by atoms with E-state index in [-0.39, 0.29) is 22.8 Å². The van der Waals surface area contributed by atoms with Crippen LogP contribution in [0.5, 0.6) is 5.75 Å². The van der Waals surface area contributed by atoms with Gasteiger partial charge in [0.05, 0.1) is 31.2 Å². The highest BCUT2D eigenvalue weighted by molar-refractivity contribution is 6.30. The molecule has 182 valence electrons. The normalized spacial score (nSPS) is 11.2. The molecule has 7 nitrogen and oxygen atoms in total. The molecule has 2 aromatic heterocycles. The van der Waals surface area contributed by atoms with Crippen LogP contribution in [0.25, 0.3) is 21.9 Å². The molecule has 1 amide bonds. The number of hydrogen-bond acceptors (Lipinski definition) is 4. The van der Waals surface area contributed by atoms with Gasteiger partial charge in [0.2, 0.25) is 5.91 Å². The summed E-state index contributed by atoms with van der Waals surface area (Å²) in [6.45, 7) is 2.05. The van der Waals surface area contributed by atoms with E-state index >= 15 is 0 Å². The van der Waals surface area contributed by atoms with Crippen LogP contribution in [0, 0.1) is 12.7 Å². The van der Waals surface area contributed by atoms with E-state index in [1.54, 1.807) is 11.7 Å².